The summed E-state index contributed by atoms with van der Waals surface area (Å²) in [6.45, 7) is 1.93. The first-order valence-corrected chi connectivity index (χ1v) is 6.41. The molecule has 0 aliphatic carbocycles. The quantitative estimate of drug-likeness (QED) is 0.553. The SMILES string of the molecule is CCC/C(=C\Cl)C(Cl)OS(C)(=O)=O. The van der Waals surface area contributed by atoms with Crippen molar-refractivity contribution in [3.8, 4) is 0 Å². The molecule has 0 aliphatic heterocycles. The predicted octanol–water partition coefficient (Wildman–Crippen LogP) is 2.45. The molecular weight excluding hydrogens is 235 g/mol. The van der Waals surface area contributed by atoms with E-state index in [0.29, 0.717) is 12.0 Å². The number of alkyl halides is 1. The van der Waals surface area contributed by atoms with Gasteiger partial charge < -0.3 is 0 Å². The van der Waals surface area contributed by atoms with Crippen molar-refractivity contribution in [3.63, 3.8) is 0 Å². The highest BCUT2D eigenvalue weighted by Crippen LogP contribution is 2.19. The fourth-order valence-electron chi connectivity index (χ4n) is 0.721. The Balaban J connectivity index is 4.32. The van der Waals surface area contributed by atoms with Gasteiger partial charge in [-0.05, 0) is 12.0 Å². The highest BCUT2D eigenvalue weighted by Gasteiger charge is 2.16. The number of halogens is 2. The van der Waals surface area contributed by atoms with Gasteiger partial charge in [0.2, 0.25) is 0 Å². The second kappa shape index (κ2) is 5.86. The molecule has 0 spiro atoms. The van der Waals surface area contributed by atoms with Crippen LogP contribution in [0, 0.1) is 0 Å². The zero-order valence-electron chi connectivity index (χ0n) is 7.46. The van der Waals surface area contributed by atoms with E-state index in [1.165, 1.54) is 5.54 Å². The first-order valence-electron chi connectivity index (χ1n) is 3.72. The average Bonchev–Trinajstić information content (AvgIpc) is 1.96. The smallest absolute Gasteiger partial charge is 0.246 e. The van der Waals surface area contributed by atoms with Gasteiger partial charge >= 0.3 is 0 Å². The zero-order chi connectivity index (χ0) is 10.5. The summed E-state index contributed by atoms with van der Waals surface area (Å²) in [5.41, 5.74) is 0.829. The van der Waals surface area contributed by atoms with Crippen LogP contribution in [0.3, 0.4) is 0 Å². The van der Waals surface area contributed by atoms with Gasteiger partial charge in [0.05, 0.1) is 6.26 Å². The summed E-state index contributed by atoms with van der Waals surface area (Å²) in [7, 11) is -3.53. The Labute approximate surface area is 88.8 Å². The van der Waals surface area contributed by atoms with Crippen molar-refractivity contribution in [2.75, 3.05) is 6.26 Å². The van der Waals surface area contributed by atoms with Crippen molar-refractivity contribution >= 4 is 33.3 Å². The third-order valence-electron chi connectivity index (χ3n) is 1.23. The van der Waals surface area contributed by atoms with E-state index in [1.54, 1.807) is 0 Å². The van der Waals surface area contributed by atoms with Gasteiger partial charge in [-0.15, -0.1) is 0 Å². The number of rotatable bonds is 5. The predicted molar refractivity (Wildman–Crippen MR) is 54.4 cm³/mol. The Hall–Kier alpha value is 0.230. The van der Waals surface area contributed by atoms with Crippen molar-refractivity contribution in [2.24, 2.45) is 0 Å². The Kier molecular flexibility index (Phi) is 5.96. The van der Waals surface area contributed by atoms with Crippen molar-refractivity contribution in [2.45, 2.75) is 25.3 Å². The van der Waals surface area contributed by atoms with Crippen molar-refractivity contribution in [1.82, 2.24) is 0 Å². The molecule has 1 unspecified atom stereocenters. The van der Waals surface area contributed by atoms with Crippen molar-refractivity contribution < 1.29 is 12.6 Å². The molecule has 0 aliphatic rings. The normalized spacial score (nSPS) is 15.8. The summed E-state index contributed by atoms with van der Waals surface area (Å²) in [4.78, 5) is 0. The van der Waals surface area contributed by atoms with Gasteiger partial charge in [0, 0.05) is 5.54 Å². The molecule has 0 fully saturated rings. The number of hydrogen-bond acceptors (Lipinski definition) is 3. The van der Waals surface area contributed by atoms with Crippen LogP contribution in [0.1, 0.15) is 19.8 Å². The van der Waals surface area contributed by atoms with E-state index in [-0.39, 0.29) is 0 Å². The molecule has 0 aromatic heterocycles. The van der Waals surface area contributed by atoms with Crippen LogP contribution in [0.5, 0.6) is 0 Å². The lowest BCUT2D eigenvalue weighted by molar-refractivity contribution is 0.315. The van der Waals surface area contributed by atoms with E-state index in [0.717, 1.165) is 12.7 Å². The zero-order valence-corrected chi connectivity index (χ0v) is 9.79. The van der Waals surface area contributed by atoms with Crippen LogP contribution in [0.4, 0.5) is 0 Å². The minimum Gasteiger partial charge on any atom is -0.246 e. The molecule has 6 heteroatoms. The highest BCUT2D eigenvalue weighted by atomic mass is 35.5. The van der Waals surface area contributed by atoms with Gasteiger partial charge in [-0.25, -0.2) is 4.18 Å². The van der Waals surface area contributed by atoms with Gasteiger partial charge in [0.1, 0.15) is 0 Å². The standard InChI is InChI=1S/C7H12Cl2O3S/c1-3-4-6(5-8)7(9)12-13(2,10)11/h5,7H,3-4H2,1-2H3/b6-5+. The molecule has 0 heterocycles. The topological polar surface area (TPSA) is 43.4 Å². The van der Waals surface area contributed by atoms with Crippen LogP contribution < -0.4 is 0 Å². The summed E-state index contributed by atoms with van der Waals surface area (Å²) in [5.74, 6) is 0. The highest BCUT2D eigenvalue weighted by molar-refractivity contribution is 7.86. The molecule has 0 rings (SSSR count). The van der Waals surface area contributed by atoms with Crippen LogP contribution in [0.2, 0.25) is 0 Å². The molecule has 0 saturated carbocycles. The maximum atomic E-state index is 10.7. The first-order chi connectivity index (χ1) is 5.90. The second-order valence-corrected chi connectivity index (χ2v) is 4.77. The summed E-state index contributed by atoms with van der Waals surface area (Å²) in [6, 6.07) is 0. The molecule has 0 radical (unpaired) electrons. The molecule has 0 bridgehead atoms. The molecule has 0 saturated heterocycles. The summed E-state index contributed by atoms with van der Waals surface area (Å²) in [6.07, 6.45) is 2.39. The summed E-state index contributed by atoms with van der Waals surface area (Å²) >= 11 is 11.1. The van der Waals surface area contributed by atoms with Crippen molar-refractivity contribution in [1.29, 1.82) is 0 Å². The summed E-state index contributed by atoms with van der Waals surface area (Å²) in [5, 5.41) is 0. The lowest BCUT2D eigenvalue weighted by Gasteiger charge is -2.11. The van der Waals surface area contributed by atoms with Gasteiger partial charge in [-0.1, -0.05) is 36.5 Å². The van der Waals surface area contributed by atoms with Gasteiger partial charge in [-0.3, -0.25) is 0 Å². The van der Waals surface area contributed by atoms with Gasteiger partial charge in [-0.2, -0.15) is 8.42 Å². The molecule has 0 amide bonds. The fraction of sp³-hybridized carbons (Fsp3) is 0.714. The molecule has 78 valence electrons. The van der Waals surface area contributed by atoms with Crippen LogP contribution in [0.15, 0.2) is 11.1 Å². The van der Waals surface area contributed by atoms with E-state index in [9.17, 15) is 8.42 Å². The fourth-order valence-corrected chi connectivity index (χ4v) is 2.01. The molecule has 3 nitrogen and oxygen atoms in total. The van der Waals surface area contributed by atoms with E-state index in [2.05, 4.69) is 4.18 Å². The lowest BCUT2D eigenvalue weighted by Crippen LogP contribution is -2.13. The Morgan fingerprint density at radius 3 is 2.46 bits per heavy atom. The van der Waals surface area contributed by atoms with E-state index in [1.807, 2.05) is 6.92 Å². The third kappa shape index (κ3) is 6.32. The average molecular weight is 247 g/mol. The van der Waals surface area contributed by atoms with E-state index in [4.69, 9.17) is 23.2 Å². The number of hydrogen-bond donors (Lipinski definition) is 0. The Morgan fingerprint density at radius 1 is 1.62 bits per heavy atom. The van der Waals surface area contributed by atoms with Crippen LogP contribution in [0.25, 0.3) is 0 Å². The lowest BCUT2D eigenvalue weighted by atomic mass is 10.2. The van der Waals surface area contributed by atoms with Crippen LogP contribution >= 0.6 is 23.2 Å². The van der Waals surface area contributed by atoms with E-state index >= 15 is 0 Å². The first kappa shape index (κ1) is 13.2. The second-order valence-electron chi connectivity index (χ2n) is 2.55. The maximum Gasteiger partial charge on any atom is 0.266 e. The Morgan fingerprint density at radius 2 is 2.15 bits per heavy atom. The molecule has 13 heavy (non-hydrogen) atoms. The molecular formula is C7H12Cl2O3S. The largest absolute Gasteiger partial charge is 0.266 e. The third-order valence-corrected chi connectivity index (χ3v) is 2.53. The van der Waals surface area contributed by atoms with Crippen LogP contribution in [-0.4, -0.2) is 20.2 Å². The minimum absolute atomic E-state index is 0.566. The maximum absolute atomic E-state index is 10.7. The Bertz CT molecular complexity index is 271. The van der Waals surface area contributed by atoms with Gasteiger partial charge in [0.15, 0.2) is 5.56 Å². The molecule has 0 aromatic rings. The van der Waals surface area contributed by atoms with Crippen molar-refractivity contribution in [3.05, 3.63) is 11.1 Å². The van der Waals surface area contributed by atoms with Gasteiger partial charge in [0.25, 0.3) is 10.1 Å². The van der Waals surface area contributed by atoms with Crippen LogP contribution in [-0.2, 0) is 14.3 Å². The molecule has 0 aromatic carbocycles. The van der Waals surface area contributed by atoms with E-state index < -0.39 is 15.7 Å². The monoisotopic (exact) mass is 246 g/mol. The molecule has 0 N–H and O–H groups in total. The summed E-state index contributed by atoms with van der Waals surface area (Å²) < 4.78 is 25.9. The minimum atomic E-state index is -3.53. The molecule has 1 atom stereocenters.